The highest BCUT2D eigenvalue weighted by atomic mass is 16.5. The van der Waals surface area contributed by atoms with E-state index in [1.165, 1.54) is 15.6 Å². The standard InChI is InChI=1S/C8H15N3O2/c1-10-7-9-11(8(10)12)5-3-4-6-13-2/h7H,3-6H2,1-2H3. The molecule has 1 aromatic heterocycles. The molecule has 5 nitrogen and oxygen atoms in total. The molecule has 0 aliphatic carbocycles. The van der Waals surface area contributed by atoms with Crippen molar-refractivity contribution in [3.05, 3.63) is 16.8 Å². The summed E-state index contributed by atoms with van der Waals surface area (Å²) in [4.78, 5) is 11.3. The number of aromatic nitrogens is 3. The van der Waals surface area contributed by atoms with Gasteiger partial charge >= 0.3 is 5.69 Å². The van der Waals surface area contributed by atoms with Gasteiger partial charge in [0.05, 0.1) is 0 Å². The largest absolute Gasteiger partial charge is 0.385 e. The van der Waals surface area contributed by atoms with E-state index in [1.54, 1.807) is 14.2 Å². The third-order valence-electron chi connectivity index (χ3n) is 1.86. The Morgan fingerprint density at radius 3 is 2.85 bits per heavy atom. The predicted octanol–water partition coefficient (Wildman–Crippen LogP) is 0.00840. The van der Waals surface area contributed by atoms with Crippen LogP contribution in [0.3, 0.4) is 0 Å². The summed E-state index contributed by atoms with van der Waals surface area (Å²) in [7, 11) is 3.37. The Balaban J connectivity index is 2.37. The first-order valence-corrected chi connectivity index (χ1v) is 4.33. The quantitative estimate of drug-likeness (QED) is 0.607. The number of hydrogen-bond acceptors (Lipinski definition) is 3. The molecule has 0 fully saturated rings. The maximum Gasteiger partial charge on any atom is 0.345 e. The van der Waals surface area contributed by atoms with Gasteiger partial charge in [0.15, 0.2) is 0 Å². The molecule has 0 atom stereocenters. The van der Waals surface area contributed by atoms with Gasteiger partial charge in [-0.1, -0.05) is 0 Å². The SMILES string of the molecule is COCCCCn1ncn(C)c1=O. The summed E-state index contributed by atoms with van der Waals surface area (Å²) in [6.07, 6.45) is 3.41. The van der Waals surface area contributed by atoms with Gasteiger partial charge in [0.2, 0.25) is 0 Å². The minimum absolute atomic E-state index is 0.0579. The molecule has 13 heavy (non-hydrogen) atoms. The maximum atomic E-state index is 11.3. The number of rotatable bonds is 5. The molecule has 0 aliphatic heterocycles. The van der Waals surface area contributed by atoms with E-state index in [1.807, 2.05) is 0 Å². The molecule has 1 heterocycles. The Bertz CT molecular complexity index is 303. The lowest BCUT2D eigenvalue weighted by Gasteiger charge is -1.98. The molecule has 0 amide bonds. The summed E-state index contributed by atoms with van der Waals surface area (Å²) < 4.78 is 7.84. The van der Waals surface area contributed by atoms with Gasteiger partial charge in [-0.05, 0) is 12.8 Å². The Morgan fingerprint density at radius 2 is 2.31 bits per heavy atom. The number of ether oxygens (including phenoxy) is 1. The second-order valence-corrected chi connectivity index (χ2v) is 2.95. The minimum Gasteiger partial charge on any atom is -0.385 e. The number of nitrogens with zero attached hydrogens (tertiary/aromatic N) is 3. The van der Waals surface area contributed by atoms with Gasteiger partial charge in [-0.25, -0.2) is 9.48 Å². The average Bonchev–Trinajstić information content (AvgIpc) is 2.43. The monoisotopic (exact) mass is 185 g/mol. The molecule has 0 N–H and O–H groups in total. The summed E-state index contributed by atoms with van der Waals surface area (Å²) in [5.41, 5.74) is -0.0579. The Morgan fingerprint density at radius 1 is 1.54 bits per heavy atom. The summed E-state index contributed by atoms with van der Waals surface area (Å²) in [5, 5.41) is 3.94. The van der Waals surface area contributed by atoms with Crippen LogP contribution in [0.5, 0.6) is 0 Å². The zero-order valence-corrected chi connectivity index (χ0v) is 8.06. The van der Waals surface area contributed by atoms with Gasteiger partial charge in [-0.2, -0.15) is 5.10 Å². The van der Waals surface area contributed by atoms with Crippen molar-refractivity contribution in [2.75, 3.05) is 13.7 Å². The fourth-order valence-corrected chi connectivity index (χ4v) is 1.08. The lowest BCUT2D eigenvalue weighted by atomic mass is 10.3. The topological polar surface area (TPSA) is 49.0 Å². The van der Waals surface area contributed by atoms with Crippen molar-refractivity contribution >= 4 is 0 Å². The van der Waals surface area contributed by atoms with Crippen LogP contribution in [0.15, 0.2) is 11.1 Å². The van der Waals surface area contributed by atoms with E-state index in [0.29, 0.717) is 6.54 Å². The van der Waals surface area contributed by atoms with Crippen molar-refractivity contribution in [1.82, 2.24) is 14.3 Å². The van der Waals surface area contributed by atoms with Gasteiger partial charge in [0.1, 0.15) is 6.33 Å². The van der Waals surface area contributed by atoms with Gasteiger partial charge in [0, 0.05) is 27.3 Å². The first-order valence-electron chi connectivity index (χ1n) is 4.33. The fourth-order valence-electron chi connectivity index (χ4n) is 1.08. The molecule has 0 saturated heterocycles. The van der Waals surface area contributed by atoms with Crippen LogP contribution in [0.1, 0.15) is 12.8 Å². The van der Waals surface area contributed by atoms with Crippen LogP contribution >= 0.6 is 0 Å². The summed E-state index contributed by atoms with van der Waals surface area (Å²) in [6.45, 7) is 1.41. The van der Waals surface area contributed by atoms with Gasteiger partial charge in [0.25, 0.3) is 0 Å². The molecular formula is C8H15N3O2. The van der Waals surface area contributed by atoms with Crippen LogP contribution < -0.4 is 5.69 Å². The second-order valence-electron chi connectivity index (χ2n) is 2.95. The lowest BCUT2D eigenvalue weighted by Crippen LogP contribution is -2.23. The predicted molar refractivity (Wildman–Crippen MR) is 48.6 cm³/mol. The molecule has 0 saturated carbocycles. The lowest BCUT2D eigenvalue weighted by molar-refractivity contribution is 0.190. The number of aryl methyl sites for hydroxylation is 2. The van der Waals surface area contributed by atoms with E-state index in [0.717, 1.165) is 19.4 Å². The highest BCUT2D eigenvalue weighted by Crippen LogP contribution is 1.91. The van der Waals surface area contributed by atoms with Crippen molar-refractivity contribution in [3.63, 3.8) is 0 Å². The van der Waals surface area contributed by atoms with E-state index in [9.17, 15) is 4.79 Å². The molecule has 1 rings (SSSR count). The molecule has 0 radical (unpaired) electrons. The smallest absolute Gasteiger partial charge is 0.345 e. The van der Waals surface area contributed by atoms with Crippen LogP contribution in [0.4, 0.5) is 0 Å². The van der Waals surface area contributed by atoms with Crippen molar-refractivity contribution in [2.24, 2.45) is 7.05 Å². The van der Waals surface area contributed by atoms with E-state index < -0.39 is 0 Å². The first kappa shape index (κ1) is 9.98. The van der Waals surface area contributed by atoms with Crippen LogP contribution in [0.25, 0.3) is 0 Å². The first-order chi connectivity index (χ1) is 6.25. The maximum absolute atomic E-state index is 11.3. The van der Waals surface area contributed by atoms with Gasteiger partial charge < -0.3 is 4.74 Å². The minimum atomic E-state index is -0.0579. The number of hydrogen-bond donors (Lipinski definition) is 0. The molecule has 0 bridgehead atoms. The highest BCUT2D eigenvalue weighted by molar-refractivity contribution is 4.64. The number of unbranched alkanes of at least 4 members (excludes halogenated alkanes) is 1. The third-order valence-corrected chi connectivity index (χ3v) is 1.86. The van der Waals surface area contributed by atoms with Crippen LogP contribution in [0.2, 0.25) is 0 Å². The van der Waals surface area contributed by atoms with E-state index in [4.69, 9.17) is 4.74 Å². The molecule has 1 aromatic rings. The molecule has 0 aliphatic rings. The molecule has 5 heteroatoms. The summed E-state index contributed by atoms with van der Waals surface area (Å²) >= 11 is 0. The Hall–Kier alpha value is -1.10. The molecular weight excluding hydrogens is 170 g/mol. The van der Waals surface area contributed by atoms with Gasteiger partial charge in [-0.3, -0.25) is 4.57 Å². The zero-order valence-electron chi connectivity index (χ0n) is 8.06. The zero-order chi connectivity index (χ0) is 9.68. The Kier molecular flexibility index (Phi) is 3.70. The van der Waals surface area contributed by atoms with Crippen LogP contribution in [-0.2, 0) is 18.3 Å². The van der Waals surface area contributed by atoms with Crippen LogP contribution in [-0.4, -0.2) is 28.1 Å². The van der Waals surface area contributed by atoms with Crippen molar-refractivity contribution < 1.29 is 4.74 Å². The normalized spacial score (nSPS) is 10.6. The number of methoxy groups -OCH3 is 1. The third kappa shape index (κ3) is 2.69. The van der Waals surface area contributed by atoms with Crippen LogP contribution in [0, 0.1) is 0 Å². The van der Waals surface area contributed by atoms with Crippen molar-refractivity contribution in [2.45, 2.75) is 19.4 Å². The van der Waals surface area contributed by atoms with Crippen molar-refractivity contribution in [1.29, 1.82) is 0 Å². The van der Waals surface area contributed by atoms with Gasteiger partial charge in [-0.15, -0.1) is 0 Å². The van der Waals surface area contributed by atoms with Crippen molar-refractivity contribution in [3.8, 4) is 0 Å². The highest BCUT2D eigenvalue weighted by Gasteiger charge is 1.99. The molecule has 0 aromatic carbocycles. The van der Waals surface area contributed by atoms with E-state index in [2.05, 4.69) is 5.10 Å². The molecule has 0 spiro atoms. The Labute approximate surface area is 76.9 Å². The molecule has 0 unspecified atom stereocenters. The second kappa shape index (κ2) is 4.81. The van der Waals surface area contributed by atoms with E-state index >= 15 is 0 Å². The summed E-state index contributed by atoms with van der Waals surface area (Å²) in [6, 6.07) is 0. The average molecular weight is 185 g/mol. The fraction of sp³-hybridized carbons (Fsp3) is 0.750. The summed E-state index contributed by atoms with van der Waals surface area (Å²) in [5.74, 6) is 0. The molecule has 74 valence electrons. The van der Waals surface area contributed by atoms with E-state index in [-0.39, 0.29) is 5.69 Å².